The molecule has 0 unspecified atom stereocenters. The first-order valence-electron chi connectivity index (χ1n) is 8.42. The van der Waals surface area contributed by atoms with Gasteiger partial charge in [-0.2, -0.15) is 0 Å². The van der Waals surface area contributed by atoms with Crippen molar-refractivity contribution in [2.24, 2.45) is 0 Å². The van der Waals surface area contributed by atoms with Gasteiger partial charge in [-0.1, -0.05) is 48.5 Å². The van der Waals surface area contributed by atoms with Crippen LogP contribution in [0.5, 0.6) is 0 Å². The molecule has 0 bridgehead atoms. The van der Waals surface area contributed by atoms with Crippen LogP contribution in [0.3, 0.4) is 0 Å². The molecule has 2 N–H and O–H groups in total. The van der Waals surface area contributed by atoms with Gasteiger partial charge in [0, 0.05) is 4.88 Å². The Hall–Kier alpha value is -2.96. The number of carbonyl (C=O) groups is 2. The summed E-state index contributed by atoms with van der Waals surface area (Å²) in [5, 5.41) is 13.9. The lowest BCUT2D eigenvalue weighted by atomic mass is 10.1. The normalized spacial score (nSPS) is 11.6. The van der Waals surface area contributed by atoms with Gasteiger partial charge in [0.1, 0.15) is 0 Å². The number of nitrogens with one attached hydrogen (secondary N) is 1. The van der Waals surface area contributed by atoms with Crippen LogP contribution in [-0.4, -0.2) is 23.6 Å². The van der Waals surface area contributed by atoms with Crippen LogP contribution in [0.4, 0.5) is 0 Å². The fraction of sp³-hybridized carbons (Fsp3) is 0.143. The van der Waals surface area contributed by atoms with Crippen LogP contribution in [0.25, 0.3) is 0 Å². The van der Waals surface area contributed by atoms with Crippen molar-refractivity contribution in [3.8, 4) is 0 Å². The lowest BCUT2D eigenvalue weighted by molar-refractivity contribution is -0.124. The highest BCUT2D eigenvalue weighted by Crippen LogP contribution is 2.25. The van der Waals surface area contributed by atoms with Crippen molar-refractivity contribution in [2.45, 2.75) is 12.6 Å². The Labute approximate surface area is 161 Å². The van der Waals surface area contributed by atoms with E-state index >= 15 is 0 Å². The van der Waals surface area contributed by atoms with E-state index in [1.807, 2.05) is 47.8 Å². The molecule has 138 valence electrons. The quantitative estimate of drug-likeness (QED) is 0.616. The number of amides is 1. The van der Waals surface area contributed by atoms with Crippen LogP contribution < -0.4 is 5.32 Å². The van der Waals surface area contributed by atoms with Crippen LogP contribution >= 0.6 is 11.3 Å². The molecule has 1 amide bonds. The minimum atomic E-state index is -0.581. The van der Waals surface area contributed by atoms with E-state index in [-0.39, 0.29) is 25.2 Å². The molecule has 6 heteroatoms. The minimum Gasteiger partial charge on any atom is -0.452 e. The third kappa shape index (κ3) is 5.03. The Morgan fingerprint density at radius 2 is 1.74 bits per heavy atom. The van der Waals surface area contributed by atoms with Crippen LogP contribution in [0.15, 0.2) is 72.1 Å². The third-order valence-corrected chi connectivity index (χ3v) is 4.91. The first kappa shape index (κ1) is 18.8. The summed E-state index contributed by atoms with van der Waals surface area (Å²) in [6.45, 7) is -0.462. The van der Waals surface area contributed by atoms with E-state index in [9.17, 15) is 9.59 Å². The van der Waals surface area contributed by atoms with E-state index in [0.29, 0.717) is 11.1 Å². The van der Waals surface area contributed by atoms with Gasteiger partial charge < -0.3 is 15.2 Å². The van der Waals surface area contributed by atoms with Crippen molar-refractivity contribution in [2.75, 3.05) is 6.61 Å². The molecular weight excluding hydrogens is 362 g/mol. The van der Waals surface area contributed by atoms with E-state index in [0.717, 1.165) is 10.4 Å². The number of carbonyl (C=O) groups excluding carboxylic acids is 2. The van der Waals surface area contributed by atoms with E-state index in [4.69, 9.17) is 9.84 Å². The second-order valence-electron chi connectivity index (χ2n) is 5.86. The van der Waals surface area contributed by atoms with Gasteiger partial charge >= 0.3 is 5.97 Å². The number of esters is 1. The first-order valence-corrected chi connectivity index (χ1v) is 9.30. The van der Waals surface area contributed by atoms with Gasteiger partial charge in [0.15, 0.2) is 6.61 Å². The largest absolute Gasteiger partial charge is 0.452 e. The van der Waals surface area contributed by atoms with E-state index in [2.05, 4.69) is 5.32 Å². The van der Waals surface area contributed by atoms with E-state index in [1.165, 1.54) is 0 Å². The highest BCUT2D eigenvalue weighted by molar-refractivity contribution is 7.10. The number of aliphatic hydroxyl groups is 1. The third-order valence-electron chi connectivity index (χ3n) is 3.97. The van der Waals surface area contributed by atoms with Crippen LogP contribution in [0.1, 0.15) is 32.4 Å². The zero-order valence-corrected chi connectivity index (χ0v) is 15.3. The lowest BCUT2D eigenvalue weighted by Crippen LogP contribution is -2.32. The second kappa shape index (κ2) is 9.12. The number of hydrogen-bond donors (Lipinski definition) is 2. The Balaban J connectivity index is 1.61. The summed E-state index contributed by atoms with van der Waals surface area (Å²) >= 11 is 1.55. The van der Waals surface area contributed by atoms with Crippen molar-refractivity contribution < 1.29 is 19.4 Å². The molecule has 0 aliphatic heterocycles. The van der Waals surface area contributed by atoms with Crippen molar-refractivity contribution >= 4 is 23.2 Å². The summed E-state index contributed by atoms with van der Waals surface area (Å²) in [6.07, 6.45) is 0. The fourth-order valence-corrected chi connectivity index (χ4v) is 3.39. The Kier molecular flexibility index (Phi) is 6.35. The standard InChI is InChI=1S/C21H19NO4S/c23-13-15-8-10-17(11-9-15)21(25)26-14-19(24)22-20(18-7-4-12-27-18)16-5-2-1-3-6-16/h1-12,20,23H,13-14H2,(H,22,24)/t20-/m0/s1. The predicted molar refractivity (Wildman–Crippen MR) is 103 cm³/mol. The minimum absolute atomic E-state index is 0.0959. The van der Waals surface area contributed by atoms with Gasteiger partial charge in [0.25, 0.3) is 5.91 Å². The van der Waals surface area contributed by atoms with E-state index < -0.39 is 5.97 Å². The monoisotopic (exact) mass is 381 g/mol. The maximum absolute atomic E-state index is 12.3. The maximum atomic E-state index is 12.3. The van der Waals surface area contributed by atoms with Crippen LogP contribution in [0.2, 0.25) is 0 Å². The SMILES string of the molecule is O=C(COC(=O)c1ccc(CO)cc1)N[C@@H](c1ccccc1)c1cccs1. The fourth-order valence-electron chi connectivity index (χ4n) is 2.58. The van der Waals surface area contributed by atoms with Crippen molar-refractivity contribution in [1.82, 2.24) is 5.32 Å². The number of rotatable bonds is 7. The van der Waals surface area contributed by atoms with Gasteiger partial charge in [-0.15, -0.1) is 11.3 Å². The second-order valence-corrected chi connectivity index (χ2v) is 6.84. The summed E-state index contributed by atoms with van der Waals surface area (Å²) in [7, 11) is 0. The van der Waals surface area contributed by atoms with Gasteiger partial charge in [-0.05, 0) is 34.7 Å². The Bertz CT molecular complexity index is 876. The Morgan fingerprint density at radius 1 is 1.00 bits per heavy atom. The molecule has 0 spiro atoms. The molecule has 1 atom stereocenters. The zero-order valence-electron chi connectivity index (χ0n) is 14.5. The summed E-state index contributed by atoms with van der Waals surface area (Å²) in [4.78, 5) is 25.4. The predicted octanol–water partition coefficient (Wildman–Crippen LogP) is 3.30. The molecular formula is C21H19NO4S. The van der Waals surface area contributed by atoms with E-state index in [1.54, 1.807) is 35.6 Å². The molecule has 0 saturated heterocycles. The topological polar surface area (TPSA) is 75.6 Å². The molecule has 0 saturated carbocycles. The molecule has 2 aromatic carbocycles. The number of hydrogen-bond acceptors (Lipinski definition) is 5. The molecule has 5 nitrogen and oxygen atoms in total. The summed E-state index contributed by atoms with van der Waals surface area (Å²) in [5.41, 5.74) is 1.99. The Morgan fingerprint density at radius 3 is 2.37 bits per heavy atom. The first-order chi connectivity index (χ1) is 13.2. The summed E-state index contributed by atoms with van der Waals surface area (Å²) in [5.74, 6) is -0.959. The molecule has 0 aliphatic rings. The molecule has 1 aromatic heterocycles. The highest BCUT2D eigenvalue weighted by atomic mass is 32.1. The van der Waals surface area contributed by atoms with Gasteiger partial charge in [-0.3, -0.25) is 4.79 Å². The molecule has 3 rings (SSSR count). The number of aliphatic hydroxyl groups excluding tert-OH is 1. The lowest BCUT2D eigenvalue weighted by Gasteiger charge is -2.18. The van der Waals surface area contributed by atoms with Gasteiger partial charge in [0.2, 0.25) is 0 Å². The zero-order chi connectivity index (χ0) is 19.1. The molecule has 0 aliphatic carbocycles. The molecule has 0 radical (unpaired) electrons. The molecule has 1 heterocycles. The number of thiophene rings is 1. The molecule has 3 aromatic rings. The van der Waals surface area contributed by atoms with Crippen molar-refractivity contribution in [3.63, 3.8) is 0 Å². The summed E-state index contributed by atoms with van der Waals surface area (Å²) < 4.78 is 5.11. The van der Waals surface area contributed by atoms with Crippen molar-refractivity contribution in [1.29, 1.82) is 0 Å². The average Bonchev–Trinajstić information content (AvgIpc) is 3.25. The number of ether oxygens (including phenoxy) is 1. The van der Waals surface area contributed by atoms with Gasteiger partial charge in [0.05, 0.1) is 18.2 Å². The van der Waals surface area contributed by atoms with Crippen molar-refractivity contribution in [3.05, 3.63) is 93.7 Å². The van der Waals surface area contributed by atoms with Gasteiger partial charge in [-0.25, -0.2) is 4.79 Å². The smallest absolute Gasteiger partial charge is 0.338 e. The molecule has 27 heavy (non-hydrogen) atoms. The maximum Gasteiger partial charge on any atom is 0.338 e. The molecule has 0 fully saturated rings. The average molecular weight is 381 g/mol. The summed E-state index contributed by atoms with van der Waals surface area (Å²) in [6, 6.07) is 19.6. The highest BCUT2D eigenvalue weighted by Gasteiger charge is 2.19. The van der Waals surface area contributed by atoms with Crippen LogP contribution in [0, 0.1) is 0 Å². The number of benzene rings is 2. The van der Waals surface area contributed by atoms with Crippen LogP contribution in [-0.2, 0) is 16.1 Å².